The van der Waals surface area contributed by atoms with Gasteiger partial charge in [0.15, 0.2) is 11.5 Å². The zero-order chi connectivity index (χ0) is 15.5. The molecule has 0 saturated carbocycles. The normalized spacial score (nSPS) is 17.3. The topological polar surface area (TPSA) is 67.9 Å². The number of nitrogens with one attached hydrogen (secondary N) is 1. The van der Waals surface area contributed by atoms with Crippen LogP contribution in [0.5, 0.6) is 11.5 Å². The number of nitrogens with zero attached hydrogens (tertiary/aromatic N) is 1. The van der Waals surface area contributed by atoms with Crippen molar-refractivity contribution in [3.63, 3.8) is 0 Å². The summed E-state index contributed by atoms with van der Waals surface area (Å²) in [5, 5.41) is 3.21. The molecule has 7 heteroatoms. The van der Waals surface area contributed by atoms with Gasteiger partial charge in [0.25, 0.3) is 0 Å². The van der Waals surface area contributed by atoms with Gasteiger partial charge in [-0.2, -0.15) is 4.31 Å². The first kappa shape index (κ1) is 16.1. The van der Waals surface area contributed by atoms with Crippen molar-refractivity contribution in [2.75, 3.05) is 40.4 Å². The lowest BCUT2D eigenvalue weighted by Crippen LogP contribution is -2.34. The van der Waals surface area contributed by atoms with Gasteiger partial charge in [-0.15, -0.1) is 0 Å². The number of benzene rings is 1. The van der Waals surface area contributed by atoms with E-state index in [1.807, 2.05) is 0 Å². The van der Waals surface area contributed by atoms with Crippen LogP contribution in [0, 0.1) is 6.92 Å². The lowest BCUT2D eigenvalue weighted by Gasteiger charge is -2.21. The zero-order valence-corrected chi connectivity index (χ0v) is 13.5. The summed E-state index contributed by atoms with van der Waals surface area (Å²) in [5.41, 5.74) is 0.657. The van der Waals surface area contributed by atoms with E-state index in [9.17, 15) is 8.42 Å². The van der Waals surface area contributed by atoms with E-state index in [2.05, 4.69) is 5.32 Å². The van der Waals surface area contributed by atoms with Gasteiger partial charge in [-0.05, 0) is 31.5 Å². The standard InChI is InChI=1S/C14H22N2O4S/c1-11-9-12(19-2)13(20-3)10-14(11)21(17,18)16-7-4-5-15-6-8-16/h9-10,15H,4-8H2,1-3H3. The smallest absolute Gasteiger partial charge is 0.243 e. The maximum Gasteiger partial charge on any atom is 0.243 e. The predicted octanol–water partition coefficient (Wildman–Crippen LogP) is 0.996. The maximum absolute atomic E-state index is 12.8. The summed E-state index contributed by atoms with van der Waals surface area (Å²) in [6, 6.07) is 3.24. The number of hydrogen-bond acceptors (Lipinski definition) is 5. The number of hydrogen-bond donors (Lipinski definition) is 1. The highest BCUT2D eigenvalue weighted by atomic mass is 32.2. The third-order valence-electron chi connectivity index (χ3n) is 3.60. The lowest BCUT2D eigenvalue weighted by atomic mass is 10.2. The van der Waals surface area contributed by atoms with Gasteiger partial charge in [0.1, 0.15) is 0 Å². The average Bonchev–Trinajstić information content (AvgIpc) is 2.76. The van der Waals surface area contributed by atoms with Gasteiger partial charge in [0.2, 0.25) is 10.0 Å². The first-order valence-corrected chi connectivity index (χ1v) is 8.38. The second-order valence-electron chi connectivity index (χ2n) is 4.98. The number of methoxy groups -OCH3 is 2. The molecule has 21 heavy (non-hydrogen) atoms. The maximum atomic E-state index is 12.8. The minimum atomic E-state index is -3.52. The van der Waals surface area contributed by atoms with Crippen molar-refractivity contribution in [2.45, 2.75) is 18.2 Å². The molecule has 1 fully saturated rings. The molecule has 1 aromatic carbocycles. The quantitative estimate of drug-likeness (QED) is 0.898. The Bertz CT molecular complexity index is 593. The van der Waals surface area contributed by atoms with E-state index in [1.54, 1.807) is 19.1 Å². The highest BCUT2D eigenvalue weighted by molar-refractivity contribution is 7.89. The van der Waals surface area contributed by atoms with Crippen molar-refractivity contribution in [1.82, 2.24) is 9.62 Å². The van der Waals surface area contributed by atoms with E-state index in [0.29, 0.717) is 36.7 Å². The molecule has 118 valence electrons. The van der Waals surface area contributed by atoms with Gasteiger partial charge in [-0.3, -0.25) is 0 Å². The van der Waals surface area contributed by atoms with E-state index in [0.717, 1.165) is 13.0 Å². The van der Waals surface area contributed by atoms with Crippen LogP contribution in [0.3, 0.4) is 0 Å². The number of rotatable bonds is 4. The second kappa shape index (κ2) is 6.64. The van der Waals surface area contributed by atoms with E-state index in [1.165, 1.54) is 18.5 Å². The molecule has 0 atom stereocenters. The highest BCUT2D eigenvalue weighted by Crippen LogP contribution is 2.33. The van der Waals surface area contributed by atoms with Gasteiger partial charge >= 0.3 is 0 Å². The predicted molar refractivity (Wildman–Crippen MR) is 80.5 cm³/mol. The first-order chi connectivity index (χ1) is 10.0. The average molecular weight is 314 g/mol. The summed E-state index contributed by atoms with van der Waals surface area (Å²) in [5.74, 6) is 0.959. The Balaban J connectivity index is 2.43. The van der Waals surface area contributed by atoms with Gasteiger partial charge in [-0.1, -0.05) is 0 Å². The fraction of sp³-hybridized carbons (Fsp3) is 0.571. The van der Waals surface area contributed by atoms with Crippen LogP contribution in [0.2, 0.25) is 0 Å². The Morgan fingerprint density at radius 1 is 1.10 bits per heavy atom. The Morgan fingerprint density at radius 2 is 1.76 bits per heavy atom. The minimum absolute atomic E-state index is 0.280. The van der Waals surface area contributed by atoms with Crippen LogP contribution in [0.25, 0.3) is 0 Å². The summed E-state index contributed by atoms with van der Waals surface area (Å²) in [7, 11) is -0.483. The molecule has 0 aromatic heterocycles. The van der Waals surface area contributed by atoms with Crippen LogP contribution in [0.4, 0.5) is 0 Å². The molecule has 0 bridgehead atoms. The molecule has 0 spiro atoms. The summed E-state index contributed by atoms with van der Waals surface area (Å²) in [4.78, 5) is 0.280. The molecule has 6 nitrogen and oxygen atoms in total. The van der Waals surface area contributed by atoms with Crippen LogP contribution in [-0.4, -0.2) is 53.1 Å². The molecular weight excluding hydrogens is 292 g/mol. The molecule has 1 saturated heterocycles. The van der Waals surface area contributed by atoms with E-state index in [-0.39, 0.29) is 4.90 Å². The molecule has 0 unspecified atom stereocenters. The molecule has 1 aliphatic rings. The minimum Gasteiger partial charge on any atom is -0.493 e. The van der Waals surface area contributed by atoms with Gasteiger partial charge < -0.3 is 14.8 Å². The van der Waals surface area contributed by atoms with E-state index < -0.39 is 10.0 Å². The van der Waals surface area contributed by atoms with Crippen molar-refractivity contribution < 1.29 is 17.9 Å². The van der Waals surface area contributed by atoms with Crippen LogP contribution in [-0.2, 0) is 10.0 Å². The molecule has 0 aliphatic carbocycles. The summed E-state index contributed by atoms with van der Waals surface area (Å²) < 4.78 is 37.6. The Kier molecular flexibility index (Phi) is 5.08. The number of aryl methyl sites for hydroxylation is 1. The highest BCUT2D eigenvalue weighted by Gasteiger charge is 2.28. The number of ether oxygens (including phenoxy) is 2. The molecule has 1 heterocycles. The van der Waals surface area contributed by atoms with Crippen molar-refractivity contribution >= 4 is 10.0 Å². The van der Waals surface area contributed by atoms with Crippen LogP contribution in [0.15, 0.2) is 17.0 Å². The monoisotopic (exact) mass is 314 g/mol. The number of sulfonamides is 1. The molecule has 1 N–H and O–H groups in total. The Labute approximate surface area is 126 Å². The summed E-state index contributed by atoms with van der Waals surface area (Å²) in [6.07, 6.45) is 0.811. The molecule has 2 rings (SSSR count). The third-order valence-corrected chi connectivity index (χ3v) is 5.64. The lowest BCUT2D eigenvalue weighted by molar-refractivity contribution is 0.353. The van der Waals surface area contributed by atoms with Crippen molar-refractivity contribution in [3.05, 3.63) is 17.7 Å². The Hall–Kier alpha value is -1.31. The first-order valence-electron chi connectivity index (χ1n) is 6.94. The Morgan fingerprint density at radius 3 is 2.43 bits per heavy atom. The second-order valence-corrected chi connectivity index (χ2v) is 6.89. The van der Waals surface area contributed by atoms with E-state index >= 15 is 0 Å². The van der Waals surface area contributed by atoms with Gasteiger partial charge in [-0.25, -0.2) is 8.42 Å². The largest absolute Gasteiger partial charge is 0.493 e. The van der Waals surface area contributed by atoms with Crippen LogP contribution in [0.1, 0.15) is 12.0 Å². The van der Waals surface area contributed by atoms with Crippen LogP contribution >= 0.6 is 0 Å². The SMILES string of the molecule is COc1cc(C)c(S(=O)(=O)N2CCCNCC2)cc1OC. The third kappa shape index (κ3) is 3.30. The molecule has 0 radical (unpaired) electrons. The molecule has 1 aromatic rings. The van der Waals surface area contributed by atoms with Crippen LogP contribution < -0.4 is 14.8 Å². The van der Waals surface area contributed by atoms with E-state index in [4.69, 9.17) is 9.47 Å². The fourth-order valence-corrected chi connectivity index (χ4v) is 4.14. The zero-order valence-electron chi connectivity index (χ0n) is 12.7. The van der Waals surface area contributed by atoms with Crippen molar-refractivity contribution in [1.29, 1.82) is 0 Å². The molecular formula is C14H22N2O4S. The molecule has 1 aliphatic heterocycles. The van der Waals surface area contributed by atoms with Crippen molar-refractivity contribution in [3.8, 4) is 11.5 Å². The summed E-state index contributed by atoms with van der Waals surface area (Å²) >= 11 is 0. The summed E-state index contributed by atoms with van der Waals surface area (Å²) in [6.45, 7) is 4.30. The molecule has 0 amide bonds. The fourth-order valence-electron chi connectivity index (χ4n) is 2.44. The van der Waals surface area contributed by atoms with Crippen molar-refractivity contribution in [2.24, 2.45) is 0 Å². The van der Waals surface area contributed by atoms with Gasteiger partial charge in [0.05, 0.1) is 19.1 Å². The van der Waals surface area contributed by atoms with Gasteiger partial charge in [0, 0.05) is 25.7 Å².